The number of anilines is 1. The molecule has 0 fully saturated rings. The third kappa shape index (κ3) is 4.27. The minimum atomic E-state index is -0.199. The lowest BCUT2D eigenvalue weighted by Gasteiger charge is -2.15. The van der Waals surface area contributed by atoms with E-state index < -0.39 is 0 Å². The molecular weight excluding hydrogens is 328 g/mol. The fourth-order valence-corrected chi connectivity index (χ4v) is 2.62. The molecule has 0 aliphatic rings. The van der Waals surface area contributed by atoms with Crippen molar-refractivity contribution in [1.82, 2.24) is 14.8 Å². The van der Waals surface area contributed by atoms with Gasteiger partial charge >= 0.3 is 0 Å². The number of nitrogens with one attached hydrogen (secondary N) is 1. The fraction of sp³-hybridized carbons (Fsp3) is 0.250. The standard InChI is InChI=1S/C20H22N4O2/c1-14(2)18-9-4-15(3)10-19(18)26-11-20(25)23-16-5-7-17(8-6-16)24-13-21-12-22-24/h4-10,12-14H,11H2,1-3H3,(H,23,25). The molecule has 1 N–H and O–H groups in total. The molecule has 0 saturated carbocycles. The molecule has 6 heteroatoms. The number of ether oxygens (including phenoxy) is 1. The van der Waals surface area contributed by atoms with Crippen LogP contribution in [0.15, 0.2) is 55.1 Å². The van der Waals surface area contributed by atoms with Crippen LogP contribution in [0.25, 0.3) is 5.69 Å². The van der Waals surface area contributed by atoms with E-state index in [4.69, 9.17) is 4.74 Å². The van der Waals surface area contributed by atoms with Crippen LogP contribution in [0.1, 0.15) is 30.9 Å². The highest BCUT2D eigenvalue weighted by atomic mass is 16.5. The number of amides is 1. The Bertz CT molecular complexity index is 871. The molecule has 134 valence electrons. The normalized spacial score (nSPS) is 10.8. The van der Waals surface area contributed by atoms with Crippen molar-refractivity contribution in [3.8, 4) is 11.4 Å². The van der Waals surface area contributed by atoms with Gasteiger partial charge in [0, 0.05) is 5.69 Å². The van der Waals surface area contributed by atoms with Gasteiger partial charge in [-0.05, 0) is 54.3 Å². The van der Waals surface area contributed by atoms with E-state index in [0.717, 1.165) is 22.6 Å². The number of aromatic nitrogens is 3. The van der Waals surface area contributed by atoms with Gasteiger partial charge in [-0.1, -0.05) is 26.0 Å². The SMILES string of the molecule is Cc1ccc(C(C)C)c(OCC(=O)Nc2ccc(-n3cncn3)cc2)c1. The Balaban J connectivity index is 1.60. The van der Waals surface area contributed by atoms with Gasteiger partial charge in [-0.15, -0.1) is 0 Å². The molecule has 1 aromatic heterocycles. The molecular formula is C20H22N4O2. The Kier molecular flexibility index (Phi) is 5.31. The molecule has 0 spiro atoms. The van der Waals surface area contributed by atoms with Gasteiger partial charge in [-0.2, -0.15) is 5.10 Å². The molecule has 0 radical (unpaired) electrons. The number of hydrogen-bond donors (Lipinski definition) is 1. The van der Waals surface area contributed by atoms with E-state index in [1.54, 1.807) is 11.0 Å². The van der Waals surface area contributed by atoms with Gasteiger partial charge in [0.05, 0.1) is 5.69 Å². The predicted octanol–water partition coefficient (Wildman–Crippen LogP) is 3.72. The van der Waals surface area contributed by atoms with Gasteiger partial charge < -0.3 is 10.1 Å². The summed E-state index contributed by atoms with van der Waals surface area (Å²) < 4.78 is 7.41. The van der Waals surface area contributed by atoms with Crippen molar-refractivity contribution in [2.75, 3.05) is 11.9 Å². The van der Waals surface area contributed by atoms with Gasteiger partial charge in [0.2, 0.25) is 0 Å². The average Bonchev–Trinajstić information content (AvgIpc) is 3.15. The smallest absolute Gasteiger partial charge is 0.262 e. The summed E-state index contributed by atoms with van der Waals surface area (Å²) in [6.45, 7) is 6.18. The van der Waals surface area contributed by atoms with E-state index in [1.807, 2.05) is 37.3 Å². The summed E-state index contributed by atoms with van der Waals surface area (Å²) in [7, 11) is 0. The van der Waals surface area contributed by atoms with Crippen LogP contribution in [-0.4, -0.2) is 27.3 Å². The zero-order chi connectivity index (χ0) is 18.5. The first kappa shape index (κ1) is 17.7. The summed E-state index contributed by atoms with van der Waals surface area (Å²) in [5.41, 5.74) is 3.78. The van der Waals surface area contributed by atoms with Crippen LogP contribution in [-0.2, 0) is 4.79 Å². The van der Waals surface area contributed by atoms with Crippen molar-refractivity contribution in [3.63, 3.8) is 0 Å². The fourth-order valence-electron chi connectivity index (χ4n) is 2.62. The van der Waals surface area contributed by atoms with Crippen LogP contribution in [0.5, 0.6) is 5.75 Å². The second-order valence-corrected chi connectivity index (χ2v) is 6.42. The predicted molar refractivity (Wildman–Crippen MR) is 101 cm³/mol. The summed E-state index contributed by atoms with van der Waals surface area (Å²) in [6.07, 6.45) is 3.10. The monoisotopic (exact) mass is 350 g/mol. The van der Waals surface area contributed by atoms with E-state index in [2.05, 4.69) is 41.4 Å². The zero-order valence-electron chi connectivity index (χ0n) is 15.1. The maximum absolute atomic E-state index is 12.2. The number of benzene rings is 2. The van der Waals surface area contributed by atoms with Crippen LogP contribution in [0.2, 0.25) is 0 Å². The molecule has 3 rings (SSSR count). The molecule has 3 aromatic rings. The van der Waals surface area contributed by atoms with Crippen molar-refractivity contribution in [2.45, 2.75) is 26.7 Å². The summed E-state index contributed by atoms with van der Waals surface area (Å²) >= 11 is 0. The van der Waals surface area contributed by atoms with E-state index in [0.29, 0.717) is 11.6 Å². The summed E-state index contributed by atoms with van der Waals surface area (Å²) in [5.74, 6) is 0.893. The van der Waals surface area contributed by atoms with E-state index in [9.17, 15) is 4.79 Å². The molecule has 0 bridgehead atoms. The Morgan fingerprint density at radius 2 is 1.96 bits per heavy atom. The van der Waals surface area contributed by atoms with Crippen LogP contribution in [0.3, 0.4) is 0 Å². The highest BCUT2D eigenvalue weighted by Crippen LogP contribution is 2.27. The molecule has 6 nitrogen and oxygen atoms in total. The number of nitrogens with zero attached hydrogens (tertiary/aromatic N) is 3. The first-order valence-electron chi connectivity index (χ1n) is 8.51. The molecule has 0 aliphatic heterocycles. The van der Waals surface area contributed by atoms with Crippen LogP contribution < -0.4 is 10.1 Å². The van der Waals surface area contributed by atoms with Crippen molar-refractivity contribution in [1.29, 1.82) is 0 Å². The lowest BCUT2D eigenvalue weighted by atomic mass is 10.0. The molecule has 0 aliphatic carbocycles. The second-order valence-electron chi connectivity index (χ2n) is 6.42. The van der Waals surface area contributed by atoms with Gasteiger partial charge in [0.25, 0.3) is 5.91 Å². The van der Waals surface area contributed by atoms with E-state index in [-0.39, 0.29) is 12.5 Å². The number of carbonyl (C=O) groups is 1. The molecule has 2 aromatic carbocycles. The van der Waals surface area contributed by atoms with Crippen molar-refractivity contribution < 1.29 is 9.53 Å². The van der Waals surface area contributed by atoms with Crippen LogP contribution >= 0.6 is 0 Å². The lowest BCUT2D eigenvalue weighted by molar-refractivity contribution is -0.118. The lowest BCUT2D eigenvalue weighted by Crippen LogP contribution is -2.20. The highest BCUT2D eigenvalue weighted by molar-refractivity contribution is 5.91. The van der Waals surface area contributed by atoms with Gasteiger partial charge in [0.15, 0.2) is 6.61 Å². The molecule has 26 heavy (non-hydrogen) atoms. The van der Waals surface area contributed by atoms with E-state index >= 15 is 0 Å². The Morgan fingerprint density at radius 3 is 2.62 bits per heavy atom. The molecule has 1 amide bonds. The maximum atomic E-state index is 12.2. The third-order valence-electron chi connectivity index (χ3n) is 3.98. The Labute approximate surface area is 152 Å². The van der Waals surface area contributed by atoms with Crippen molar-refractivity contribution in [2.24, 2.45) is 0 Å². The minimum absolute atomic E-state index is 0.0337. The van der Waals surface area contributed by atoms with Crippen LogP contribution in [0.4, 0.5) is 5.69 Å². The van der Waals surface area contributed by atoms with Crippen molar-refractivity contribution in [3.05, 3.63) is 66.2 Å². The highest BCUT2D eigenvalue weighted by Gasteiger charge is 2.10. The number of hydrogen-bond acceptors (Lipinski definition) is 4. The Morgan fingerprint density at radius 1 is 1.19 bits per heavy atom. The molecule has 0 unspecified atom stereocenters. The maximum Gasteiger partial charge on any atom is 0.262 e. The molecule has 1 heterocycles. The van der Waals surface area contributed by atoms with Gasteiger partial charge in [-0.25, -0.2) is 9.67 Å². The largest absolute Gasteiger partial charge is 0.483 e. The van der Waals surface area contributed by atoms with E-state index in [1.165, 1.54) is 6.33 Å². The third-order valence-corrected chi connectivity index (χ3v) is 3.98. The zero-order valence-corrected chi connectivity index (χ0v) is 15.1. The first-order valence-corrected chi connectivity index (χ1v) is 8.51. The van der Waals surface area contributed by atoms with Crippen molar-refractivity contribution >= 4 is 11.6 Å². The summed E-state index contributed by atoms with van der Waals surface area (Å²) in [6, 6.07) is 13.4. The second kappa shape index (κ2) is 7.82. The topological polar surface area (TPSA) is 69.0 Å². The Hall–Kier alpha value is -3.15. The average molecular weight is 350 g/mol. The first-order chi connectivity index (χ1) is 12.5. The summed E-state index contributed by atoms with van der Waals surface area (Å²) in [5, 5.41) is 6.91. The molecule has 0 atom stereocenters. The number of carbonyl (C=O) groups excluding carboxylic acids is 1. The quantitative estimate of drug-likeness (QED) is 0.736. The molecule has 0 saturated heterocycles. The number of rotatable bonds is 6. The van der Waals surface area contributed by atoms with Crippen LogP contribution in [0, 0.1) is 6.92 Å². The van der Waals surface area contributed by atoms with Gasteiger partial charge in [0.1, 0.15) is 18.4 Å². The summed E-state index contributed by atoms with van der Waals surface area (Å²) in [4.78, 5) is 16.1. The minimum Gasteiger partial charge on any atom is -0.483 e. The van der Waals surface area contributed by atoms with Gasteiger partial charge in [-0.3, -0.25) is 4.79 Å². The number of aryl methyl sites for hydroxylation is 1.